The molecule has 5 nitrogen and oxygen atoms in total. The Morgan fingerprint density at radius 2 is 2.07 bits per heavy atom. The number of carbonyl (C=O) groups is 3. The summed E-state index contributed by atoms with van der Waals surface area (Å²) in [6.45, 7) is 6.30. The van der Waals surface area contributed by atoms with E-state index in [4.69, 9.17) is 0 Å². The highest BCUT2D eigenvalue weighted by Gasteiger charge is 2.43. The van der Waals surface area contributed by atoms with Gasteiger partial charge in [-0.1, -0.05) is 6.58 Å². The topological polar surface area (TPSA) is 63.7 Å². The van der Waals surface area contributed by atoms with E-state index in [1.165, 1.54) is 13.8 Å². The van der Waals surface area contributed by atoms with Crippen LogP contribution in [0.2, 0.25) is 0 Å². The van der Waals surface area contributed by atoms with Gasteiger partial charge in [0.15, 0.2) is 6.10 Å². The molecule has 0 radical (unpaired) electrons. The van der Waals surface area contributed by atoms with Gasteiger partial charge in [-0.05, 0) is 6.92 Å². The van der Waals surface area contributed by atoms with Crippen molar-refractivity contribution in [2.24, 2.45) is 0 Å². The zero-order chi connectivity index (χ0) is 10.9. The van der Waals surface area contributed by atoms with E-state index in [0.29, 0.717) is 5.57 Å². The smallest absolute Gasteiger partial charge is 0.303 e. The zero-order valence-electron chi connectivity index (χ0n) is 8.07. The summed E-state index contributed by atoms with van der Waals surface area (Å²) in [7, 11) is 0. The lowest BCUT2D eigenvalue weighted by molar-refractivity contribution is -0.175. The number of β-lactam (4-membered cyclic amide) rings is 1. The predicted molar refractivity (Wildman–Crippen MR) is 47.1 cm³/mol. The first kappa shape index (κ1) is 10.4. The third-order valence-electron chi connectivity index (χ3n) is 1.81. The molecule has 2 amide bonds. The van der Waals surface area contributed by atoms with Crippen LogP contribution in [0.1, 0.15) is 13.8 Å². The number of esters is 1. The van der Waals surface area contributed by atoms with Crippen molar-refractivity contribution in [2.45, 2.75) is 20.0 Å². The Hall–Kier alpha value is -1.65. The lowest BCUT2D eigenvalue weighted by Crippen LogP contribution is -2.60. The molecule has 0 bridgehead atoms. The van der Waals surface area contributed by atoms with Gasteiger partial charge in [0.05, 0.1) is 6.54 Å². The Bertz CT molecular complexity index is 321. The lowest BCUT2D eigenvalue weighted by atomic mass is 10.1. The first-order valence-electron chi connectivity index (χ1n) is 4.12. The minimum absolute atomic E-state index is 0.129. The largest absolute Gasteiger partial charge is 0.450 e. The standard InChI is InChI=1S/C9H11NO4/c1-5(2)8(12)10-4-7(9(10)13)14-6(3)11/h7H,1,4H2,2-3H3. The van der Waals surface area contributed by atoms with Crippen molar-refractivity contribution < 1.29 is 19.1 Å². The molecule has 0 aromatic rings. The summed E-state index contributed by atoms with van der Waals surface area (Å²) in [5, 5.41) is 0. The molecule has 0 aromatic heterocycles. The van der Waals surface area contributed by atoms with Gasteiger partial charge in [0.25, 0.3) is 11.8 Å². The second-order valence-electron chi connectivity index (χ2n) is 3.13. The fourth-order valence-corrected chi connectivity index (χ4v) is 1.10. The van der Waals surface area contributed by atoms with Crippen LogP contribution in [0, 0.1) is 0 Å². The maximum absolute atomic E-state index is 11.2. The van der Waals surface area contributed by atoms with Gasteiger partial charge in [-0.25, -0.2) is 0 Å². The van der Waals surface area contributed by atoms with Crippen molar-refractivity contribution in [2.75, 3.05) is 6.54 Å². The molecule has 1 aliphatic rings. The third kappa shape index (κ3) is 1.81. The van der Waals surface area contributed by atoms with E-state index >= 15 is 0 Å². The Kier molecular flexibility index (Phi) is 2.69. The number of carbonyl (C=O) groups excluding carboxylic acids is 3. The van der Waals surface area contributed by atoms with Gasteiger partial charge in [-0.2, -0.15) is 0 Å². The number of rotatable bonds is 2. The summed E-state index contributed by atoms with van der Waals surface area (Å²) in [4.78, 5) is 34.0. The summed E-state index contributed by atoms with van der Waals surface area (Å²) in [6.07, 6.45) is -0.796. The highest BCUT2D eigenvalue weighted by molar-refractivity contribution is 6.08. The Morgan fingerprint density at radius 1 is 1.50 bits per heavy atom. The van der Waals surface area contributed by atoms with Crippen LogP contribution in [0.3, 0.4) is 0 Å². The number of likely N-dealkylation sites (tertiary alicyclic amines) is 1. The molecule has 1 saturated heterocycles. The number of hydrogen-bond acceptors (Lipinski definition) is 4. The van der Waals surface area contributed by atoms with E-state index in [0.717, 1.165) is 4.90 Å². The minimum atomic E-state index is -0.796. The highest BCUT2D eigenvalue weighted by atomic mass is 16.6. The zero-order valence-corrected chi connectivity index (χ0v) is 8.07. The number of imide groups is 1. The maximum Gasteiger partial charge on any atom is 0.303 e. The normalized spacial score (nSPS) is 20.0. The molecule has 0 N–H and O–H groups in total. The van der Waals surface area contributed by atoms with Crippen LogP contribution in [0.4, 0.5) is 0 Å². The second-order valence-corrected chi connectivity index (χ2v) is 3.13. The molecule has 1 rings (SSSR count). The summed E-state index contributed by atoms with van der Waals surface area (Å²) in [5.41, 5.74) is 0.291. The van der Waals surface area contributed by atoms with E-state index in [-0.39, 0.29) is 6.54 Å². The summed E-state index contributed by atoms with van der Waals surface area (Å²) in [6, 6.07) is 0. The van der Waals surface area contributed by atoms with Gasteiger partial charge in [-0.3, -0.25) is 19.3 Å². The lowest BCUT2D eigenvalue weighted by Gasteiger charge is -2.35. The van der Waals surface area contributed by atoms with Gasteiger partial charge in [0, 0.05) is 12.5 Å². The van der Waals surface area contributed by atoms with E-state index < -0.39 is 23.9 Å². The Balaban J connectivity index is 2.52. The predicted octanol–water partition coefficient (Wildman–Crippen LogP) is -0.137. The fraction of sp³-hybridized carbons (Fsp3) is 0.444. The number of amides is 2. The molecule has 0 spiro atoms. The van der Waals surface area contributed by atoms with Gasteiger partial charge < -0.3 is 4.74 Å². The van der Waals surface area contributed by atoms with Crippen LogP contribution < -0.4 is 0 Å². The molecule has 1 aliphatic heterocycles. The molecule has 0 saturated carbocycles. The van der Waals surface area contributed by atoms with Crippen LogP contribution in [-0.2, 0) is 19.1 Å². The van der Waals surface area contributed by atoms with Crippen LogP contribution in [0.5, 0.6) is 0 Å². The Labute approximate surface area is 81.3 Å². The van der Waals surface area contributed by atoms with Gasteiger partial charge in [0.1, 0.15) is 0 Å². The summed E-state index contributed by atoms with van der Waals surface area (Å²) < 4.78 is 4.65. The van der Waals surface area contributed by atoms with E-state index in [9.17, 15) is 14.4 Å². The summed E-state index contributed by atoms with van der Waals surface area (Å²) in [5.74, 6) is -1.42. The molecule has 14 heavy (non-hydrogen) atoms. The fourth-order valence-electron chi connectivity index (χ4n) is 1.10. The molecular formula is C9H11NO4. The molecule has 1 fully saturated rings. The van der Waals surface area contributed by atoms with Crippen molar-refractivity contribution in [1.82, 2.24) is 4.90 Å². The molecule has 1 atom stereocenters. The molecule has 0 aliphatic carbocycles. The van der Waals surface area contributed by atoms with Gasteiger partial charge in [-0.15, -0.1) is 0 Å². The monoisotopic (exact) mass is 197 g/mol. The van der Waals surface area contributed by atoms with Crippen LogP contribution in [0.15, 0.2) is 12.2 Å². The number of hydrogen-bond donors (Lipinski definition) is 0. The number of nitrogens with zero attached hydrogens (tertiary/aromatic N) is 1. The molecule has 0 aromatic carbocycles. The number of ether oxygens (including phenoxy) is 1. The maximum atomic E-state index is 11.2. The van der Waals surface area contributed by atoms with Crippen LogP contribution >= 0.6 is 0 Å². The van der Waals surface area contributed by atoms with Crippen LogP contribution in [0.25, 0.3) is 0 Å². The van der Waals surface area contributed by atoms with Crippen molar-refractivity contribution in [3.05, 3.63) is 12.2 Å². The highest BCUT2D eigenvalue weighted by Crippen LogP contribution is 2.16. The quantitative estimate of drug-likeness (QED) is 0.351. The molecule has 1 unspecified atom stereocenters. The third-order valence-corrected chi connectivity index (χ3v) is 1.81. The van der Waals surface area contributed by atoms with E-state index in [2.05, 4.69) is 11.3 Å². The molecule has 76 valence electrons. The second kappa shape index (κ2) is 3.61. The Morgan fingerprint density at radius 3 is 2.43 bits per heavy atom. The van der Waals surface area contributed by atoms with Crippen molar-refractivity contribution in [3.63, 3.8) is 0 Å². The van der Waals surface area contributed by atoms with Gasteiger partial charge >= 0.3 is 5.97 Å². The molecule has 5 heteroatoms. The van der Waals surface area contributed by atoms with E-state index in [1.54, 1.807) is 0 Å². The van der Waals surface area contributed by atoms with Gasteiger partial charge in [0.2, 0.25) is 0 Å². The van der Waals surface area contributed by atoms with Crippen molar-refractivity contribution >= 4 is 17.8 Å². The molecular weight excluding hydrogens is 186 g/mol. The van der Waals surface area contributed by atoms with Crippen molar-refractivity contribution in [1.29, 1.82) is 0 Å². The SMILES string of the molecule is C=C(C)C(=O)N1CC(OC(C)=O)C1=O. The first-order chi connectivity index (χ1) is 6.43. The molecule has 1 heterocycles. The van der Waals surface area contributed by atoms with Crippen molar-refractivity contribution in [3.8, 4) is 0 Å². The van der Waals surface area contributed by atoms with Crippen LogP contribution in [-0.4, -0.2) is 35.3 Å². The minimum Gasteiger partial charge on any atom is -0.450 e. The average molecular weight is 197 g/mol. The average Bonchev–Trinajstić information content (AvgIpc) is 2.09. The first-order valence-corrected chi connectivity index (χ1v) is 4.12. The van der Waals surface area contributed by atoms with E-state index in [1.807, 2.05) is 0 Å². The summed E-state index contributed by atoms with van der Waals surface area (Å²) >= 11 is 0.